The molecule has 122 valence electrons. The number of pyridine rings is 1. The van der Waals surface area contributed by atoms with Crippen LogP contribution in [0.5, 0.6) is 0 Å². The van der Waals surface area contributed by atoms with Gasteiger partial charge >= 0.3 is 0 Å². The average molecular weight is 318 g/mol. The van der Waals surface area contributed by atoms with E-state index in [1.54, 1.807) is 0 Å². The van der Waals surface area contributed by atoms with Crippen LogP contribution in [0.3, 0.4) is 0 Å². The normalized spacial score (nSPS) is 12.9. The zero-order valence-electron chi connectivity index (χ0n) is 13.9. The first-order valence-electron chi connectivity index (χ1n) is 8.50. The summed E-state index contributed by atoms with van der Waals surface area (Å²) in [4.78, 5) is 7.98. The topological polar surface area (TPSA) is 45.1 Å². The monoisotopic (exact) mass is 318 g/mol. The number of rotatable bonds is 6. The molecule has 1 atom stereocenters. The van der Waals surface area contributed by atoms with Crippen molar-refractivity contribution in [3.8, 4) is 0 Å². The molecule has 0 bridgehead atoms. The summed E-state index contributed by atoms with van der Waals surface area (Å²) in [6, 6.07) is 15.0. The summed E-state index contributed by atoms with van der Waals surface area (Å²) < 4.78 is 2.06. The van der Waals surface area contributed by atoms with Crippen LogP contribution in [-0.2, 0) is 13.0 Å². The number of fused-ring (bicyclic) bond motifs is 2. The van der Waals surface area contributed by atoms with E-state index >= 15 is 0 Å². The molecule has 0 saturated heterocycles. The van der Waals surface area contributed by atoms with Gasteiger partial charge in [-0.05, 0) is 43.5 Å². The van der Waals surface area contributed by atoms with Crippen molar-refractivity contribution in [3.63, 3.8) is 0 Å². The summed E-state index contributed by atoms with van der Waals surface area (Å²) in [5.41, 5.74) is 4.70. The molecule has 3 aromatic heterocycles. The van der Waals surface area contributed by atoms with Gasteiger partial charge in [-0.1, -0.05) is 24.3 Å². The Hall–Kier alpha value is -2.59. The predicted octanol–water partition coefficient (Wildman–Crippen LogP) is 3.93. The molecule has 0 unspecified atom stereocenters. The largest absolute Gasteiger partial charge is 0.361 e. The van der Waals surface area contributed by atoms with Crippen molar-refractivity contribution in [1.29, 1.82) is 0 Å². The maximum absolute atomic E-state index is 4.63. The number of H-pyrrole nitrogens is 1. The van der Waals surface area contributed by atoms with Crippen molar-refractivity contribution in [2.75, 3.05) is 0 Å². The van der Waals surface area contributed by atoms with Gasteiger partial charge in [-0.15, -0.1) is 0 Å². The second-order valence-corrected chi connectivity index (χ2v) is 6.38. The van der Waals surface area contributed by atoms with Crippen LogP contribution in [0.15, 0.2) is 61.1 Å². The van der Waals surface area contributed by atoms with Crippen LogP contribution >= 0.6 is 0 Å². The molecule has 0 radical (unpaired) electrons. The molecule has 0 spiro atoms. The summed E-state index contributed by atoms with van der Waals surface area (Å²) in [7, 11) is 0. The van der Waals surface area contributed by atoms with E-state index in [4.69, 9.17) is 0 Å². The highest BCUT2D eigenvalue weighted by molar-refractivity contribution is 5.82. The van der Waals surface area contributed by atoms with E-state index < -0.39 is 0 Å². The van der Waals surface area contributed by atoms with Gasteiger partial charge in [0.15, 0.2) is 0 Å². The highest BCUT2D eigenvalue weighted by Crippen LogP contribution is 2.19. The van der Waals surface area contributed by atoms with Crippen LogP contribution in [0.1, 0.15) is 24.6 Å². The molecule has 4 rings (SSSR count). The Labute approximate surface area is 141 Å². The van der Waals surface area contributed by atoms with Gasteiger partial charge in [0, 0.05) is 42.1 Å². The first kappa shape index (κ1) is 15.0. The van der Waals surface area contributed by atoms with Crippen molar-refractivity contribution < 1.29 is 0 Å². The van der Waals surface area contributed by atoms with Crippen LogP contribution in [0, 0.1) is 0 Å². The Morgan fingerprint density at radius 3 is 2.96 bits per heavy atom. The summed E-state index contributed by atoms with van der Waals surface area (Å²) in [5, 5.41) is 4.92. The summed E-state index contributed by atoms with van der Waals surface area (Å²) in [6.45, 7) is 3.04. The van der Waals surface area contributed by atoms with Crippen molar-refractivity contribution in [2.45, 2.75) is 32.4 Å². The molecule has 0 aliphatic heterocycles. The lowest BCUT2D eigenvalue weighted by Crippen LogP contribution is -2.26. The minimum absolute atomic E-state index is 0.448. The third-order valence-electron chi connectivity index (χ3n) is 4.57. The Kier molecular flexibility index (Phi) is 4.05. The fourth-order valence-electron chi connectivity index (χ4n) is 3.16. The third kappa shape index (κ3) is 3.05. The molecule has 24 heavy (non-hydrogen) atoms. The molecule has 0 aliphatic carbocycles. The average Bonchev–Trinajstić information content (AvgIpc) is 3.21. The van der Waals surface area contributed by atoms with Crippen LogP contribution < -0.4 is 5.32 Å². The van der Waals surface area contributed by atoms with Crippen LogP contribution in [0.4, 0.5) is 0 Å². The first-order chi connectivity index (χ1) is 11.8. The number of aryl methyl sites for hydroxylation is 1. The lowest BCUT2D eigenvalue weighted by atomic mass is 10.1. The SMILES string of the molecule is C[C@H](CCc1c[nH]c2ccccc12)NCc1cn2ccccc2n1. The lowest BCUT2D eigenvalue weighted by molar-refractivity contribution is 0.511. The van der Waals surface area contributed by atoms with Crippen molar-refractivity contribution >= 4 is 16.6 Å². The van der Waals surface area contributed by atoms with E-state index in [1.807, 2.05) is 24.4 Å². The van der Waals surface area contributed by atoms with Gasteiger partial charge in [0.25, 0.3) is 0 Å². The van der Waals surface area contributed by atoms with E-state index in [0.29, 0.717) is 6.04 Å². The number of para-hydroxylation sites is 1. The molecular formula is C20H22N4. The van der Waals surface area contributed by atoms with Crippen LogP contribution in [-0.4, -0.2) is 20.4 Å². The maximum Gasteiger partial charge on any atom is 0.137 e. The second kappa shape index (κ2) is 6.49. The lowest BCUT2D eigenvalue weighted by Gasteiger charge is -2.12. The minimum Gasteiger partial charge on any atom is -0.361 e. The first-order valence-corrected chi connectivity index (χ1v) is 8.50. The van der Waals surface area contributed by atoms with E-state index in [9.17, 15) is 0 Å². The molecule has 1 aromatic carbocycles. The highest BCUT2D eigenvalue weighted by Gasteiger charge is 2.07. The molecule has 4 aromatic rings. The number of aromatic amines is 1. The van der Waals surface area contributed by atoms with E-state index in [-0.39, 0.29) is 0 Å². The number of hydrogen-bond donors (Lipinski definition) is 2. The van der Waals surface area contributed by atoms with E-state index in [1.165, 1.54) is 16.5 Å². The standard InChI is InChI=1S/C20H22N4/c1-15(9-10-16-12-22-19-7-3-2-6-18(16)19)21-13-17-14-24-11-5-4-8-20(24)23-17/h2-8,11-12,14-15,21-22H,9-10,13H2,1H3/t15-/m1/s1. The van der Waals surface area contributed by atoms with Gasteiger partial charge in [0.05, 0.1) is 5.69 Å². The Morgan fingerprint density at radius 1 is 1.17 bits per heavy atom. The summed E-state index contributed by atoms with van der Waals surface area (Å²) in [5.74, 6) is 0. The van der Waals surface area contributed by atoms with Gasteiger partial charge in [-0.2, -0.15) is 0 Å². The molecule has 4 heteroatoms. The quantitative estimate of drug-likeness (QED) is 0.566. The van der Waals surface area contributed by atoms with Gasteiger partial charge in [0.2, 0.25) is 0 Å². The minimum atomic E-state index is 0.448. The molecule has 0 saturated carbocycles. The van der Waals surface area contributed by atoms with Gasteiger partial charge in [0.1, 0.15) is 5.65 Å². The second-order valence-electron chi connectivity index (χ2n) is 6.38. The zero-order valence-corrected chi connectivity index (χ0v) is 13.9. The predicted molar refractivity (Wildman–Crippen MR) is 98.1 cm³/mol. The molecule has 3 heterocycles. The van der Waals surface area contributed by atoms with E-state index in [2.05, 4.69) is 63.3 Å². The Balaban J connectivity index is 1.34. The molecule has 0 aliphatic rings. The third-order valence-corrected chi connectivity index (χ3v) is 4.57. The number of benzene rings is 1. The maximum atomic E-state index is 4.63. The zero-order chi connectivity index (χ0) is 16.4. The number of aromatic nitrogens is 3. The highest BCUT2D eigenvalue weighted by atomic mass is 15.0. The molecule has 0 amide bonds. The van der Waals surface area contributed by atoms with Crippen LogP contribution in [0.25, 0.3) is 16.6 Å². The fourth-order valence-corrected chi connectivity index (χ4v) is 3.16. The number of imidazole rings is 1. The van der Waals surface area contributed by atoms with Crippen LogP contribution in [0.2, 0.25) is 0 Å². The van der Waals surface area contributed by atoms with Gasteiger partial charge in [-0.25, -0.2) is 4.98 Å². The fraction of sp³-hybridized carbons (Fsp3) is 0.250. The van der Waals surface area contributed by atoms with Crippen molar-refractivity contribution in [2.24, 2.45) is 0 Å². The number of hydrogen-bond acceptors (Lipinski definition) is 2. The smallest absolute Gasteiger partial charge is 0.137 e. The Morgan fingerprint density at radius 2 is 2.04 bits per heavy atom. The van der Waals surface area contributed by atoms with Gasteiger partial charge in [-0.3, -0.25) is 0 Å². The van der Waals surface area contributed by atoms with Crippen molar-refractivity contribution in [1.82, 2.24) is 19.7 Å². The Bertz CT molecular complexity index is 917. The summed E-state index contributed by atoms with van der Waals surface area (Å²) in [6.07, 6.45) is 8.44. The molecule has 2 N–H and O–H groups in total. The molecule has 0 fully saturated rings. The molecular weight excluding hydrogens is 296 g/mol. The molecule has 4 nitrogen and oxygen atoms in total. The summed E-state index contributed by atoms with van der Waals surface area (Å²) >= 11 is 0. The van der Waals surface area contributed by atoms with E-state index in [0.717, 1.165) is 30.7 Å². The number of nitrogens with zero attached hydrogens (tertiary/aromatic N) is 2. The number of nitrogens with one attached hydrogen (secondary N) is 2. The van der Waals surface area contributed by atoms with Crippen molar-refractivity contribution in [3.05, 3.63) is 72.3 Å². The van der Waals surface area contributed by atoms with Gasteiger partial charge < -0.3 is 14.7 Å².